The van der Waals surface area contributed by atoms with Crippen LogP contribution in [0.25, 0.3) is 0 Å². The normalized spacial score (nSPS) is 9.93. The Morgan fingerprint density at radius 3 is 2.93 bits per heavy atom. The minimum atomic E-state index is -0.199. The lowest BCUT2D eigenvalue weighted by Crippen LogP contribution is -2.02. The number of ketones is 1. The van der Waals surface area contributed by atoms with Crippen LogP contribution in [-0.4, -0.2) is 26.6 Å². The molecule has 76 valence electrons. The summed E-state index contributed by atoms with van der Waals surface area (Å²) in [5, 5.41) is 0. The summed E-state index contributed by atoms with van der Waals surface area (Å²) in [5.74, 6) is 0.346. The summed E-state index contributed by atoms with van der Waals surface area (Å²) in [7, 11) is 1.52. The van der Waals surface area contributed by atoms with Gasteiger partial charge in [0, 0.05) is 11.8 Å². The van der Waals surface area contributed by atoms with Crippen molar-refractivity contribution in [3.05, 3.63) is 35.9 Å². The molecule has 0 aliphatic heterocycles. The highest BCUT2D eigenvalue weighted by Gasteiger charge is 2.12. The first-order chi connectivity index (χ1) is 7.31. The zero-order chi connectivity index (χ0) is 10.7. The van der Waals surface area contributed by atoms with Crippen LogP contribution in [0.5, 0.6) is 5.75 Å². The van der Waals surface area contributed by atoms with Gasteiger partial charge in [0.15, 0.2) is 0 Å². The van der Waals surface area contributed by atoms with Crippen LogP contribution in [0.1, 0.15) is 16.1 Å². The molecule has 15 heavy (non-hydrogen) atoms. The highest BCUT2D eigenvalue weighted by atomic mass is 32.1. The first kappa shape index (κ1) is 9.72. The van der Waals surface area contributed by atoms with Crippen LogP contribution in [0.3, 0.4) is 0 Å². The van der Waals surface area contributed by atoms with Gasteiger partial charge in [-0.05, 0) is 6.07 Å². The fraction of sp³-hybridized carbons (Fsp3) is 0.111. The second kappa shape index (κ2) is 4.14. The highest BCUT2D eigenvalue weighted by molar-refractivity contribution is 6.99. The Morgan fingerprint density at radius 1 is 1.40 bits per heavy atom. The molecule has 0 aliphatic carbocycles. The minimum Gasteiger partial charge on any atom is -0.495 e. The first-order valence-electron chi connectivity index (χ1n) is 4.12. The van der Waals surface area contributed by atoms with Crippen molar-refractivity contribution in [2.24, 2.45) is 0 Å². The largest absolute Gasteiger partial charge is 0.495 e. The number of methoxy groups -OCH3 is 1. The van der Waals surface area contributed by atoms with Crippen LogP contribution in [0.2, 0.25) is 0 Å². The molecule has 2 aromatic heterocycles. The Bertz CT molecular complexity index is 470. The van der Waals surface area contributed by atoms with E-state index in [0.717, 1.165) is 11.7 Å². The van der Waals surface area contributed by atoms with Crippen molar-refractivity contribution in [2.75, 3.05) is 7.11 Å². The van der Waals surface area contributed by atoms with Crippen LogP contribution in [-0.2, 0) is 0 Å². The van der Waals surface area contributed by atoms with E-state index in [4.69, 9.17) is 4.74 Å². The van der Waals surface area contributed by atoms with Gasteiger partial charge in [-0.2, -0.15) is 8.75 Å². The van der Waals surface area contributed by atoms with Crippen molar-refractivity contribution in [3.8, 4) is 5.75 Å². The third-order valence-corrected chi connectivity index (χ3v) is 2.28. The molecule has 5 nitrogen and oxygen atoms in total. The summed E-state index contributed by atoms with van der Waals surface area (Å²) in [5.41, 5.74) is 0.775. The fourth-order valence-corrected chi connectivity index (χ4v) is 1.48. The van der Waals surface area contributed by atoms with Crippen molar-refractivity contribution < 1.29 is 9.53 Å². The molecule has 0 fully saturated rings. The summed E-state index contributed by atoms with van der Waals surface area (Å²) in [4.78, 5) is 15.7. The van der Waals surface area contributed by atoms with Crippen molar-refractivity contribution in [2.45, 2.75) is 0 Å². The summed E-state index contributed by atoms with van der Waals surface area (Å²) in [6.45, 7) is 0. The van der Waals surface area contributed by atoms with E-state index in [-0.39, 0.29) is 5.78 Å². The third kappa shape index (κ3) is 1.99. The quantitative estimate of drug-likeness (QED) is 0.728. The van der Waals surface area contributed by atoms with E-state index in [1.54, 1.807) is 6.07 Å². The average molecular weight is 221 g/mol. The van der Waals surface area contributed by atoms with Gasteiger partial charge >= 0.3 is 0 Å². The lowest BCUT2D eigenvalue weighted by atomic mass is 10.1. The van der Waals surface area contributed by atoms with Crippen molar-refractivity contribution in [1.82, 2.24) is 13.7 Å². The van der Waals surface area contributed by atoms with E-state index in [0.29, 0.717) is 17.0 Å². The summed E-state index contributed by atoms with van der Waals surface area (Å²) < 4.78 is 12.6. The van der Waals surface area contributed by atoms with E-state index in [1.165, 1.54) is 25.7 Å². The van der Waals surface area contributed by atoms with Gasteiger partial charge in [0.25, 0.3) is 0 Å². The van der Waals surface area contributed by atoms with Gasteiger partial charge in [-0.15, -0.1) is 0 Å². The predicted molar refractivity (Wildman–Crippen MR) is 54.1 cm³/mol. The third-order valence-electron chi connectivity index (χ3n) is 1.80. The standard InChI is InChI=1S/C9H7N3O2S/c1-14-7-2-6(3-10-4-7)9(13)8-5-11-15-12-8/h2-5H,1H3. The number of carbonyl (C=O) groups excluding carboxylic acids is 1. The topological polar surface area (TPSA) is 65.0 Å². The molecule has 2 rings (SSSR count). The Labute approximate surface area is 90.1 Å². The monoisotopic (exact) mass is 221 g/mol. The molecule has 0 saturated heterocycles. The van der Waals surface area contributed by atoms with Crippen molar-refractivity contribution in [1.29, 1.82) is 0 Å². The molecule has 0 aromatic carbocycles. The number of pyridine rings is 1. The summed E-state index contributed by atoms with van der Waals surface area (Å²) >= 11 is 1.00. The van der Waals surface area contributed by atoms with Crippen LogP contribution < -0.4 is 4.74 Å². The molecule has 0 radical (unpaired) electrons. The minimum absolute atomic E-state index is 0.199. The Hall–Kier alpha value is -1.82. The van der Waals surface area contributed by atoms with Crippen LogP contribution in [0, 0.1) is 0 Å². The van der Waals surface area contributed by atoms with E-state index in [1.807, 2.05) is 0 Å². The molecule has 2 aromatic rings. The van der Waals surface area contributed by atoms with Gasteiger partial charge in [-0.3, -0.25) is 9.78 Å². The van der Waals surface area contributed by atoms with Gasteiger partial charge in [0.2, 0.25) is 5.78 Å². The number of hydrogen-bond donors (Lipinski definition) is 0. The van der Waals surface area contributed by atoms with Gasteiger partial charge in [0.05, 0.1) is 31.2 Å². The summed E-state index contributed by atoms with van der Waals surface area (Å²) in [6.07, 6.45) is 4.45. The molecule has 0 bridgehead atoms. The van der Waals surface area contributed by atoms with Crippen LogP contribution in [0.15, 0.2) is 24.7 Å². The number of ether oxygens (including phenoxy) is 1. The Balaban J connectivity index is 2.34. The summed E-state index contributed by atoms with van der Waals surface area (Å²) in [6, 6.07) is 1.62. The zero-order valence-corrected chi connectivity index (χ0v) is 8.69. The van der Waals surface area contributed by atoms with Gasteiger partial charge < -0.3 is 4.74 Å². The number of aromatic nitrogens is 3. The second-order valence-corrected chi connectivity index (χ2v) is 3.29. The molecule has 0 atom stereocenters. The van der Waals surface area contributed by atoms with Crippen molar-refractivity contribution >= 4 is 17.5 Å². The maximum Gasteiger partial charge on any atom is 0.215 e. The molecule has 0 spiro atoms. The smallest absolute Gasteiger partial charge is 0.215 e. The fourth-order valence-electron chi connectivity index (χ4n) is 1.07. The Morgan fingerprint density at radius 2 is 2.27 bits per heavy atom. The van der Waals surface area contributed by atoms with E-state index < -0.39 is 0 Å². The SMILES string of the molecule is COc1cncc(C(=O)c2cnsn2)c1. The molecule has 0 saturated carbocycles. The lowest BCUT2D eigenvalue weighted by Gasteiger charge is -2.00. The Kier molecular flexibility index (Phi) is 2.68. The maximum atomic E-state index is 11.8. The highest BCUT2D eigenvalue weighted by Crippen LogP contribution is 2.13. The average Bonchev–Trinajstić information content (AvgIpc) is 2.81. The zero-order valence-electron chi connectivity index (χ0n) is 7.88. The van der Waals surface area contributed by atoms with Gasteiger partial charge in [-0.1, -0.05) is 0 Å². The number of hydrogen-bond acceptors (Lipinski definition) is 6. The van der Waals surface area contributed by atoms with E-state index >= 15 is 0 Å². The van der Waals surface area contributed by atoms with Gasteiger partial charge in [0.1, 0.15) is 11.4 Å². The molecular formula is C9H7N3O2S. The van der Waals surface area contributed by atoms with Crippen LogP contribution >= 0.6 is 11.7 Å². The molecule has 0 amide bonds. The molecule has 0 unspecified atom stereocenters. The number of carbonyl (C=O) groups is 1. The predicted octanol–water partition coefficient (Wildman–Crippen LogP) is 1.17. The molecule has 0 N–H and O–H groups in total. The van der Waals surface area contributed by atoms with E-state index in [9.17, 15) is 4.79 Å². The maximum absolute atomic E-state index is 11.8. The van der Waals surface area contributed by atoms with Gasteiger partial charge in [-0.25, -0.2) is 0 Å². The number of rotatable bonds is 3. The first-order valence-corrected chi connectivity index (χ1v) is 4.85. The second-order valence-electron chi connectivity index (χ2n) is 2.74. The van der Waals surface area contributed by atoms with E-state index in [2.05, 4.69) is 13.7 Å². The number of nitrogens with zero attached hydrogens (tertiary/aromatic N) is 3. The molecule has 6 heteroatoms. The molecule has 2 heterocycles. The van der Waals surface area contributed by atoms with Crippen molar-refractivity contribution in [3.63, 3.8) is 0 Å². The molecular weight excluding hydrogens is 214 g/mol. The van der Waals surface area contributed by atoms with Crippen LogP contribution in [0.4, 0.5) is 0 Å². The lowest BCUT2D eigenvalue weighted by molar-refractivity contribution is 0.103. The molecule has 0 aliphatic rings.